The lowest BCUT2D eigenvalue weighted by atomic mass is 10.1. The van der Waals surface area contributed by atoms with Gasteiger partial charge in [0.2, 0.25) is 0 Å². The predicted octanol–water partition coefficient (Wildman–Crippen LogP) is 3.28. The summed E-state index contributed by atoms with van der Waals surface area (Å²) in [5, 5.41) is 0.898. The molecule has 160 valence electrons. The van der Waals surface area contributed by atoms with Gasteiger partial charge in [-0.2, -0.15) is 0 Å². The zero-order valence-corrected chi connectivity index (χ0v) is 17.7. The van der Waals surface area contributed by atoms with E-state index in [2.05, 4.69) is 15.8 Å². The SMILES string of the molecule is O=C(NNC(=O)c1ccc2ccccc2n1)c1cccc(CS(=O)(=O)c2ccccc2)c1. The van der Waals surface area contributed by atoms with Gasteiger partial charge in [0.1, 0.15) is 5.69 Å². The molecule has 0 saturated carbocycles. The lowest BCUT2D eigenvalue weighted by molar-refractivity contribution is 0.0844. The molecule has 32 heavy (non-hydrogen) atoms. The molecule has 0 aliphatic rings. The van der Waals surface area contributed by atoms with E-state index in [1.807, 2.05) is 18.2 Å². The Morgan fingerprint density at radius 3 is 2.28 bits per heavy atom. The van der Waals surface area contributed by atoms with Crippen LogP contribution in [0.4, 0.5) is 0 Å². The fourth-order valence-electron chi connectivity index (χ4n) is 3.18. The Morgan fingerprint density at radius 2 is 1.47 bits per heavy atom. The molecule has 3 aromatic carbocycles. The van der Waals surface area contributed by atoms with Gasteiger partial charge in [0.05, 0.1) is 16.2 Å². The van der Waals surface area contributed by atoms with E-state index in [1.54, 1.807) is 48.5 Å². The van der Waals surface area contributed by atoms with Gasteiger partial charge in [0, 0.05) is 10.9 Å². The first kappa shape index (κ1) is 21.2. The second-order valence-electron chi connectivity index (χ2n) is 7.07. The average Bonchev–Trinajstić information content (AvgIpc) is 2.82. The Bertz CT molecular complexity index is 1400. The third kappa shape index (κ3) is 4.81. The largest absolute Gasteiger partial charge is 0.288 e. The Kier molecular flexibility index (Phi) is 5.96. The summed E-state index contributed by atoms with van der Waals surface area (Å²) in [4.78, 5) is 29.3. The molecule has 2 N–H and O–H groups in total. The minimum atomic E-state index is -3.55. The van der Waals surface area contributed by atoms with Crippen LogP contribution in [0.2, 0.25) is 0 Å². The van der Waals surface area contributed by atoms with Gasteiger partial charge in [-0.3, -0.25) is 20.4 Å². The van der Waals surface area contributed by atoms with Crippen molar-refractivity contribution in [3.05, 3.63) is 108 Å². The van der Waals surface area contributed by atoms with Crippen LogP contribution in [0, 0.1) is 0 Å². The zero-order valence-electron chi connectivity index (χ0n) is 16.9. The van der Waals surface area contributed by atoms with Gasteiger partial charge in [-0.05, 0) is 42.0 Å². The molecule has 0 unspecified atom stereocenters. The third-order valence-electron chi connectivity index (χ3n) is 4.77. The fourth-order valence-corrected chi connectivity index (χ4v) is 4.53. The van der Waals surface area contributed by atoms with Crippen molar-refractivity contribution in [3.8, 4) is 0 Å². The summed E-state index contributed by atoms with van der Waals surface area (Å²) in [5.74, 6) is -1.38. The molecule has 1 aromatic heterocycles. The van der Waals surface area contributed by atoms with Crippen LogP contribution in [0.1, 0.15) is 26.4 Å². The summed E-state index contributed by atoms with van der Waals surface area (Å²) >= 11 is 0. The Morgan fingerprint density at radius 1 is 0.750 bits per heavy atom. The second-order valence-corrected chi connectivity index (χ2v) is 9.06. The molecule has 8 heteroatoms. The quantitative estimate of drug-likeness (QED) is 0.459. The summed E-state index contributed by atoms with van der Waals surface area (Å²) in [6, 6.07) is 25.1. The first-order valence-corrected chi connectivity index (χ1v) is 11.4. The van der Waals surface area contributed by atoms with Gasteiger partial charge in [-0.15, -0.1) is 0 Å². The van der Waals surface area contributed by atoms with Crippen LogP contribution < -0.4 is 10.9 Å². The number of benzene rings is 3. The molecule has 0 bridgehead atoms. The van der Waals surface area contributed by atoms with Gasteiger partial charge in [-0.25, -0.2) is 13.4 Å². The number of amides is 2. The van der Waals surface area contributed by atoms with Crippen molar-refractivity contribution in [3.63, 3.8) is 0 Å². The average molecular weight is 446 g/mol. The summed E-state index contributed by atoms with van der Waals surface area (Å²) in [7, 11) is -3.55. The van der Waals surface area contributed by atoms with E-state index in [9.17, 15) is 18.0 Å². The zero-order chi connectivity index (χ0) is 22.6. The van der Waals surface area contributed by atoms with Crippen LogP contribution in [-0.2, 0) is 15.6 Å². The smallest absolute Gasteiger partial charge is 0.267 e. The third-order valence-corrected chi connectivity index (χ3v) is 6.47. The topological polar surface area (TPSA) is 105 Å². The van der Waals surface area contributed by atoms with E-state index < -0.39 is 21.7 Å². The van der Waals surface area contributed by atoms with Gasteiger partial charge in [-0.1, -0.05) is 54.6 Å². The number of pyridine rings is 1. The van der Waals surface area contributed by atoms with E-state index in [0.29, 0.717) is 11.1 Å². The monoisotopic (exact) mass is 445 g/mol. The van der Waals surface area contributed by atoms with Crippen LogP contribution in [0.25, 0.3) is 10.9 Å². The summed E-state index contributed by atoms with van der Waals surface area (Å²) in [6.45, 7) is 0. The van der Waals surface area contributed by atoms with E-state index in [4.69, 9.17) is 0 Å². The molecule has 0 atom stereocenters. The fraction of sp³-hybridized carbons (Fsp3) is 0.0417. The first-order valence-electron chi connectivity index (χ1n) is 9.76. The number of sulfone groups is 1. The summed E-state index contributed by atoms with van der Waals surface area (Å²) in [6.07, 6.45) is 0. The normalized spacial score (nSPS) is 11.1. The number of nitrogens with zero attached hydrogens (tertiary/aromatic N) is 1. The van der Waals surface area contributed by atoms with Crippen molar-refractivity contribution >= 4 is 32.6 Å². The van der Waals surface area contributed by atoms with Crippen molar-refractivity contribution in [2.45, 2.75) is 10.6 Å². The number of aromatic nitrogens is 1. The minimum Gasteiger partial charge on any atom is -0.267 e. The molecule has 7 nitrogen and oxygen atoms in total. The number of carbonyl (C=O) groups excluding carboxylic acids is 2. The predicted molar refractivity (Wildman–Crippen MR) is 120 cm³/mol. The number of rotatable bonds is 5. The standard InChI is InChI=1S/C24H19N3O4S/c28-23(26-27-24(29)22-14-13-18-8-4-5-12-21(18)25-22)19-9-6-7-17(15-19)16-32(30,31)20-10-2-1-3-11-20/h1-15H,16H2,(H,26,28)(H,27,29). The number of hydrogen-bond donors (Lipinski definition) is 2. The minimum absolute atomic E-state index is 0.159. The maximum Gasteiger partial charge on any atom is 0.288 e. The highest BCUT2D eigenvalue weighted by Crippen LogP contribution is 2.17. The maximum absolute atomic E-state index is 12.6. The van der Waals surface area contributed by atoms with Gasteiger partial charge >= 0.3 is 0 Å². The molecular weight excluding hydrogens is 426 g/mol. The van der Waals surface area contributed by atoms with Crippen LogP contribution in [0.15, 0.2) is 95.9 Å². The van der Waals surface area contributed by atoms with Crippen LogP contribution >= 0.6 is 0 Å². The van der Waals surface area contributed by atoms with E-state index in [-0.39, 0.29) is 21.9 Å². The molecule has 0 spiro atoms. The Labute approximate surface area is 185 Å². The van der Waals surface area contributed by atoms with Gasteiger partial charge < -0.3 is 0 Å². The van der Waals surface area contributed by atoms with Gasteiger partial charge in [0.15, 0.2) is 9.84 Å². The van der Waals surface area contributed by atoms with Crippen molar-refractivity contribution in [2.24, 2.45) is 0 Å². The Hall–Kier alpha value is -4.04. The first-order chi connectivity index (χ1) is 15.4. The van der Waals surface area contributed by atoms with E-state index in [1.165, 1.54) is 24.3 Å². The van der Waals surface area contributed by atoms with Crippen molar-refractivity contribution < 1.29 is 18.0 Å². The van der Waals surface area contributed by atoms with E-state index in [0.717, 1.165) is 5.39 Å². The molecule has 1 heterocycles. The van der Waals surface area contributed by atoms with Crippen LogP contribution in [0.5, 0.6) is 0 Å². The van der Waals surface area contributed by atoms with Crippen LogP contribution in [0.3, 0.4) is 0 Å². The molecule has 4 rings (SSSR count). The molecule has 0 saturated heterocycles. The molecule has 0 fully saturated rings. The Balaban J connectivity index is 1.43. The number of fused-ring (bicyclic) bond motifs is 1. The number of para-hydroxylation sites is 1. The van der Waals surface area contributed by atoms with Crippen molar-refractivity contribution in [1.29, 1.82) is 0 Å². The summed E-state index contributed by atoms with van der Waals surface area (Å²) < 4.78 is 25.2. The maximum atomic E-state index is 12.6. The molecule has 2 amide bonds. The highest BCUT2D eigenvalue weighted by atomic mass is 32.2. The lowest BCUT2D eigenvalue weighted by Gasteiger charge is -2.09. The van der Waals surface area contributed by atoms with Crippen molar-refractivity contribution in [2.75, 3.05) is 0 Å². The molecule has 0 aliphatic carbocycles. The van der Waals surface area contributed by atoms with Gasteiger partial charge in [0.25, 0.3) is 11.8 Å². The lowest BCUT2D eigenvalue weighted by Crippen LogP contribution is -2.42. The number of nitrogens with one attached hydrogen (secondary N) is 2. The van der Waals surface area contributed by atoms with E-state index >= 15 is 0 Å². The molecule has 4 aromatic rings. The second kappa shape index (κ2) is 8.99. The summed E-state index contributed by atoms with van der Waals surface area (Å²) in [5.41, 5.74) is 6.18. The van der Waals surface area contributed by atoms with Crippen molar-refractivity contribution in [1.82, 2.24) is 15.8 Å². The van der Waals surface area contributed by atoms with Crippen LogP contribution in [-0.4, -0.2) is 25.2 Å². The number of hydrazine groups is 1. The molecule has 0 radical (unpaired) electrons. The number of carbonyl (C=O) groups is 2. The highest BCUT2D eigenvalue weighted by molar-refractivity contribution is 7.90. The molecule has 0 aliphatic heterocycles. The highest BCUT2D eigenvalue weighted by Gasteiger charge is 2.16. The molecular formula is C24H19N3O4S. The number of hydrogen-bond acceptors (Lipinski definition) is 5.